The zero-order valence-corrected chi connectivity index (χ0v) is 14.1. The van der Waals surface area contributed by atoms with Gasteiger partial charge in [0.25, 0.3) is 0 Å². The molecule has 0 aliphatic carbocycles. The summed E-state index contributed by atoms with van der Waals surface area (Å²) in [7, 11) is 0. The summed E-state index contributed by atoms with van der Waals surface area (Å²) in [5.74, 6) is 2.59. The zero-order valence-electron chi connectivity index (χ0n) is 13.3. The number of hydrogen-bond donors (Lipinski definition) is 0. The van der Waals surface area contributed by atoms with Crippen LogP contribution in [0.5, 0.6) is 17.2 Å². The summed E-state index contributed by atoms with van der Waals surface area (Å²) in [4.78, 5) is 8.68. The van der Waals surface area contributed by atoms with E-state index in [1.54, 1.807) is 6.20 Å². The first-order valence-corrected chi connectivity index (χ1v) is 8.22. The van der Waals surface area contributed by atoms with Gasteiger partial charge in [-0.3, -0.25) is 0 Å². The van der Waals surface area contributed by atoms with Crippen LogP contribution in [-0.2, 0) is 13.0 Å². The van der Waals surface area contributed by atoms with Gasteiger partial charge in [-0.05, 0) is 23.3 Å². The van der Waals surface area contributed by atoms with Crippen molar-refractivity contribution in [3.8, 4) is 17.2 Å². The molecule has 0 saturated heterocycles. The molecular weight excluding hydrogens is 340 g/mol. The number of aromatic nitrogens is 2. The fourth-order valence-electron chi connectivity index (χ4n) is 2.53. The molecule has 0 amide bonds. The fraction of sp³-hybridized carbons (Fsp3) is 0.158. The van der Waals surface area contributed by atoms with E-state index in [1.165, 1.54) is 0 Å². The van der Waals surface area contributed by atoms with Gasteiger partial charge in [0.05, 0.1) is 6.20 Å². The summed E-state index contributed by atoms with van der Waals surface area (Å²) in [5, 5.41) is 0.307. The Morgan fingerprint density at radius 2 is 1.84 bits per heavy atom. The van der Waals surface area contributed by atoms with E-state index < -0.39 is 0 Å². The first kappa shape index (κ1) is 15.7. The predicted molar refractivity (Wildman–Crippen MR) is 93.2 cm³/mol. The Hall–Kier alpha value is -2.79. The molecule has 1 aliphatic rings. The van der Waals surface area contributed by atoms with Crippen LogP contribution >= 0.6 is 11.6 Å². The molecule has 0 saturated carbocycles. The quantitative estimate of drug-likeness (QED) is 0.647. The second-order valence-corrected chi connectivity index (χ2v) is 5.94. The highest BCUT2D eigenvalue weighted by Gasteiger charge is 2.14. The molecule has 1 aromatic heterocycles. The summed E-state index contributed by atoms with van der Waals surface area (Å²) < 4.78 is 16.4. The topological polar surface area (TPSA) is 53.5 Å². The smallest absolute Gasteiger partial charge is 0.231 e. The largest absolute Gasteiger partial charge is 0.484 e. The van der Waals surface area contributed by atoms with E-state index in [2.05, 4.69) is 9.97 Å². The Bertz CT molecular complexity index is 887. The maximum Gasteiger partial charge on any atom is 0.231 e. The van der Waals surface area contributed by atoms with Crippen molar-refractivity contribution in [3.05, 3.63) is 76.8 Å². The molecular formula is C19H15ClN2O3. The third kappa shape index (κ3) is 3.67. The summed E-state index contributed by atoms with van der Waals surface area (Å²) in [6, 6.07) is 15.6. The lowest BCUT2D eigenvalue weighted by Gasteiger charge is -2.08. The van der Waals surface area contributed by atoms with Crippen LogP contribution in [0.15, 0.2) is 54.7 Å². The third-order valence-corrected chi connectivity index (χ3v) is 4.07. The van der Waals surface area contributed by atoms with E-state index in [-0.39, 0.29) is 6.79 Å². The van der Waals surface area contributed by atoms with Crippen molar-refractivity contribution in [2.45, 2.75) is 13.0 Å². The van der Waals surface area contributed by atoms with Crippen molar-refractivity contribution in [2.75, 3.05) is 6.79 Å². The van der Waals surface area contributed by atoms with Gasteiger partial charge >= 0.3 is 0 Å². The van der Waals surface area contributed by atoms with Gasteiger partial charge in [-0.2, -0.15) is 0 Å². The number of rotatable bonds is 5. The molecule has 126 valence electrons. The molecule has 2 heterocycles. The van der Waals surface area contributed by atoms with Gasteiger partial charge in [0, 0.05) is 6.42 Å². The monoisotopic (exact) mass is 354 g/mol. The van der Waals surface area contributed by atoms with Gasteiger partial charge in [-0.1, -0.05) is 48.0 Å². The van der Waals surface area contributed by atoms with E-state index >= 15 is 0 Å². The van der Waals surface area contributed by atoms with Crippen LogP contribution < -0.4 is 14.2 Å². The molecule has 0 spiro atoms. The molecule has 0 unspecified atom stereocenters. The van der Waals surface area contributed by atoms with Crippen molar-refractivity contribution in [2.24, 2.45) is 0 Å². The number of fused-ring (bicyclic) bond motifs is 1. The summed E-state index contributed by atoms with van der Waals surface area (Å²) in [5.41, 5.74) is 2.08. The zero-order chi connectivity index (χ0) is 17.1. The highest BCUT2D eigenvalue weighted by Crippen LogP contribution is 2.33. The minimum atomic E-state index is 0.258. The van der Waals surface area contributed by atoms with Crippen LogP contribution in [-0.4, -0.2) is 16.8 Å². The van der Waals surface area contributed by atoms with Crippen molar-refractivity contribution >= 4 is 11.6 Å². The standard InChI is InChI=1S/C19H15ClN2O3/c20-19-17(23-11-13-4-2-1-3-5-13)10-21-18(22-19)9-14-6-7-15-16(8-14)25-12-24-15/h1-8,10H,9,11-12H2. The van der Waals surface area contributed by atoms with Gasteiger partial charge in [0.2, 0.25) is 6.79 Å². The maximum absolute atomic E-state index is 6.23. The molecule has 4 rings (SSSR count). The van der Waals surface area contributed by atoms with E-state index in [0.29, 0.717) is 29.8 Å². The third-order valence-electron chi connectivity index (χ3n) is 3.80. The van der Waals surface area contributed by atoms with Crippen molar-refractivity contribution < 1.29 is 14.2 Å². The second-order valence-electron chi connectivity index (χ2n) is 5.58. The number of benzene rings is 2. The maximum atomic E-state index is 6.23. The van der Waals surface area contributed by atoms with Gasteiger partial charge < -0.3 is 14.2 Å². The minimum Gasteiger partial charge on any atom is -0.484 e. The van der Waals surface area contributed by atoms with Crippen LogP contribution in [0.25, 0.3) is 0 Å². The first-order chi connectivity index (χ1) is 12.3. The van der Waals surface area contributed by atoms with Gasteiger partial charge in [0.1, 0.15) is 12.4 Å². The number of hydrogen-bond acceptors (Lipinski definition) is 5. The van der Waals surface area contributed by atoms with Crippen LogP contribution in [0.4, 0.5) is 0 Å². The van der Waals surface area contributed by atoms with Crippen LogP contribution in [0.1, 0.15) is 17.0 Å². The SMILES string of the molecule is Clc1nc(Cc2ccc3c(c2)OCO3)ncc1OCc1ccccc1. The highest BCUT2D eigenvalue weighted by molar-refractivity contribution is 6.30. The molecule has 0 fully saturated rings. The molecule has 25 heavy (non-hydrogen) atoms. The lowest BCUT2D eigenvalue weighted by atomic mass is 10.1. The van der Waals surface area contributed by atoms with E-state index in [0.717, 1.165) is 22.6 Å². The fourth-order valence-corrected chi connectivity index (χ4v) is 2.74. The Labute approximate surface area is 150 Å². The number of nitrogens with zero attached hydrogens (tertiary/aromatic N) is 2. The molecule has 0 bridgehead atoms. The van der Waals surface area contributed by atoms with E-state index in [9.17, 15) is 0 Å². The predicted octanol–water partition coefficient (Wildman–Crippen LogP) is 4.03. The number of halogens is 1. The lowest BCUT2D eigenvalue weighted by molar-refractivity contribution is 0.174. The van der Waals surface area contributed by atoms with Crippen LogP contribution in [0.2, 0.25) is 5.15 Å². The first-order valence-electron chi connectivity index (χ1n) is 7.84. The van der Waals surface area contributed by atoms with Gasteiger partial charge in [-0.25, -0.2) is 9.97 Å². The van der Waals surface area contributed by atoms with Gasteiger partial charge in [-0.15, -0.1) is 0 Å². The molecule has 1 aliphatic heterocycles. The normalized spacial score (nSPS) is 12.2. The molecule has 0 radical (unpaired) electrons. The minimum absolute atomic E-state index is 0.258. The Kier molecular flexibility index (Phi) is 4.39. The van der Waals surface area contributed by atoms with Crippen molar-refractivity contribution in [1.29, 1.82) is 0 Å². The van der Waals surface area contributed by atoms with Crippen molar-refractivity contribution in [3.63, 3.8) is 0 Å². The average Bonchev–Trinajstić information content (AvgIpc) is 3.10. The average molecular weight is 355 g/mol. The van der Waals surface area contributed by atoms with E-state index in [1.807, 2.05) is 48.5 Å². The summed E-state index contributed by atoms with van der Waals surface area (Å²) >= 11 is 6.23. The summed E-state index contributed by atoms with van der Waals surface area (Å²) in [6.07, 6.45) is 2.16. The second kappa shape index (κ2) is 6.99. The van der Waals surface area contributed by atoms with E-state index in [4.69, 9.17) is 25.8 Å². The molecule has 0 N–H and O–H groups in total. The molecule has 3 aromatic rings. The Morgan fingerprint density at radius 1 is 1.00 bits per heavy atom. The highest BCUT2D eigenvalue weighted by atomic mass is 35.5. The number of ether oxygens (including phenoxy) is 3. The molecule has 0 atom stereocenters. The lowest BCUT2D eigenvalue weighted by Crippen LogP contribution is -2.01. The summed E-state index contributed by atoms with van der Waals surface area (Å²) in [6.45, 7) is 0.681. The molecule has 2 aromatic carbocycles. The van der Waals surface area contributed by atoms with Crippen molar-refractivity contribution in [1.82, 2.24) is 9.97 Å². The Balaban J connectivity index is 1.44. The molecule has 6 heteroatoms. The molecule has 5 nitrogen and oxygen atoms in total. The van der Waals surface area contributed by atoms with Crippen LogP contribution in [0, 0.1) is 0 Å². The Morgan fingerprint density at radius 3 is 2.68 bits per heavy atom. The van der Waals surface area contributed by atoms with Gasteiger partial charge in [0.15, 0.2) is 22.4 Å². The van der Waals surface area contributed by atoms with Crippen LogP contribution in [0.3, 0.4) is 0 Å².